The quantitative estimate of drug-likeness (QED) is 0.129. The van der Waals surface area contributed by atoms with Crippen LogP contribution in [0.1, 0.15) is 26.3 Å². The van der Waals surface area contributed by atoms with Gasteiger partial charge in [0.1, 0.15) is 0 Å². The number of rotatable bonds is 4. The lowest BCUT2D eigenvalue weighted by Gasteiger charge is -2.45. The molecule has 0 bridgehead atoms. The number of para-hydroxylation sites is 2. The van der Waals surface area contributed by atoms with Gasteiger partial charge in [-0.2, -0.15) is 0 Å². The first-order chi connectivity index (χ1) is 45.3. The maximum absolute atomic E-state index is 2.65. The van der Waals surface area contributed by atoms with Gasteiger partial charge in [0, 0.05) is 50.6 Å². The first-order valence-corrected chi connectivity index (χ1v) is 32.3. The van der Waals surface area contributed by atoms with Gasteiger partial charge in [-0.15, -0.1) is 0 Å². The van der Waals surface area contributed by atoms with Crippen LogP contribution in [-0.4, -0.2) is 11.3 Å². The second-order valence-electron chi connectivity index (χ2n) is 26.7. The largest absolute Gasteiger partial charge is 0.311 e. The highest BCUT2D eigenvalue weighted by molar-refractivity contribution is 7.00. The van der Waals surface area contributed by atoms with Crippen molar-refractivity contribution in [1.82, 2.24) is 4.57 Å². The molecular formula is C88H58BN3. The van der Waals surface area contributed by atoms with Gasteiger partial charge in [0.25, 0.3) is 6.71 Å². The summed E-state index contributed by atoms with van der Waals surface area (Å²) < 4.78 is 2.49. The Morgan fingerprint density at radius 3 is 0.989 bits per heavy atom. The fourth-order valence-corrected chi connectivity index (χ4v) is 16.7. The minimum absolute atomic E-state index is 0.0157. The Hall–Kier alpha value is -11.5. The van der Waals surface area contributed by atoms with Crippen LogP contribution >= 0.6 is 0 Å². The van der Waals surface area contributed by atoms with E-state index in [4.69, 9.17) is 0 Å². The van der Waals surface area contributed by atoms with Crippen molar-refractivity contribution in [2.45, 2.75) is 26.2 Å². The van der Waals surface area contributed by atoms with Crippen molar-refractivity contribution >= 4 is 176 Å². The molecule has 0 spiro atoms. The summed E-state index contributed by atoms with van der Waals surface area (Å²) in [5.74, 6) is 0. The van der Waals surface area contributed by atoms with Crippen molar-refractivity contribution in [2.24, 2.45) is 0 Å². The minimum atomic E-state index is -0.174. The molecule has 0 N–H and O–H groups in total. The Morgan fingerprint density at radius 2 is 0.576 bits per heavy atom. The van der Waals surface area contributed by atoms with E-state index < -0.39 is 0 Å². The van der Waals surface area contributed by atoms with Gasteiger partial charge in [0.2, 0.25) is 0 Å². The number of aromatic nitrogens is 1. The highest BCUT2D eigenvalue weighted by atomic mass is 15.2. The Labute approximate surface area is 532 Å². The zero-order chi connectivity index (χ0) is 60.7. The van der Waals surface area contributed by atoms with Gasteiger partial charge in [0.15, 0.2) is 0 Å². The third kappa shape index (κ3) is 7.23. The maximum Gasteiger partial charge on any atom is 0.252 e. The molecule has 17 aromatic carbocycles. The minimum Gasteiger partial charge on any atom is -0.311 e. The molecule has 0 saturated heterocycles. The highest BCUT2D eigenvalue weighted by Gasteiger charge is 2.45. The van der Waals surface area contributed by atoms with Gasteiger partial charge in [-0.05, 0) is 202 Å². The van der Waals surface area contributed by atoms with Crippen LogP contribution in [0.2, 0.25) is 0 Å². The lowest BCUT2D eigenvalue weighted by molar-refractivity contribution is 0.590. The topological polar surface area (TPSA) is 11.4 Å². The van der Waals surface area contributed by atoms with Crippen LogP contribution in [0, 0.1) is 0 Å². The Kier molecular flexibility index (Phi) is 10.6. The number of fused-ring (bicyclic) bond motifs is 25. The number of hydrogen-bond donors (Lipinski definition) is 0. The van der Waals surface area contributed by atoms with Crippen molar-refractivity contribution in [2.75, 3.05) is 9.80 Å². The third-order valence-corrected chi connectivity index (χ3v) is 20.8. The molecule has 428 valence electrons. The molecule has 3 nitrogen and oxygen atoms in total. The lowest BCUT2D eigenvalue weighted by atomic mass is 9.33. The summed E-state index contributed by atoms with van der Waals surface area (Å²) in [5.41, 5.74) is 17.8. The highest BCUT2D eigenvalue weighted by Crippen LogP contribution is 2.51. The fourth-order valence-electron chi connectivity index (χ4n) is 16.7. The van der Waals surface area contributed by atoms with E-state index in [2.05, 4.69) is 332 Å². The van der Waals surface area contributed by atoms with Gasteiger partial charge in [0.05, 0.1) is 11.0 Å². The summed E-state index contributed by atoms with van der Waals surface area (Å²) in [6.07, 6.45) is 0. The van der Waals surface area contributed by atoms with Gasteiger partial charge < -0.3 is 14.4 Å². The maximum atomic E-state index is 2.65. The van der Waals surface area contributed by atoms with E-state index in [9.17, 15) is 0 Å². The molecule has 0 amide bonds. The van der Waals surface area contributed by atoms with Crippen molar-refractivity contribution in [3.63, 3.8) is 0 Å². The van der Waals surface area contributed by atoms with Gasteiger partial charge >= 0.3 is 0 Å². The van der Waals surface area contributed by atoms with Gasteiger partial charge in [-0.25, -0.2) is 0 Å². The standard InChI is InChI=1S/C88H58BN3/c1-88(2,3)55-38-36-53(37-39-55)54-46-85-87-86(47-54)92(57-41-44-72-66-27-7-5-21-60(66)62-23-9-13-29-68(62)76(72)49-57)84-52-78-70-31-15-11-25-64(70)63-24-10-14-30-69(63)77(78)51-80(84)89(87)79-45-42-58(90-81-34-18-16-32-73(81)74-33-17-19-35-82(74)90)50-83(79)91(85)56-40-43-71-65-26-6-4-20-59(65)61-22-8-12-28-67(61)75(71)48-56/h4-52H,1-3H3. The van der Waals surface area contributed by atoms with E-state index in [-0.39, 0.29) is 12.1 Å². The molecule has 0 radical (unpaired) electrons. The van der Waals surface area contributed by atoms with Crippen LogP contribution in [0.5, 0.6) is 0 Å². The first-order valence-electron chi connectivity index (χ1n) is 32.3. The van der Waals surface area contributed by atoms with Crippen LogP contribution < -0.4 is 26.2 Å². The number of nitrogens with zero attached hydrogens (tertiary/aromatic N) is 3. The molecule has 0 unspecified atom stereocenters. The fraction of sp³-hybridized carbons (Fsp3) is 0.0455. The van der Waals surface area contributed by atoms with E-state index in [1.165, 1.54) is 158 Å². The summed E-state index contributed by atoms with van der Waals surface area (Å²) in [5, 5.41) is 25.1. The zero-order valence-corrected chi connectivity index (χ0v) is 51.2. The Bertz CT molecular complexity index is 6140. The zero-order valence-electron chi connectivity index (χ0n) is 51.2. The Morgan fingerprint density at radius 1 is 0.239 bits per heavy atom. The molecule has 20 rings (SSSR count). The smallest absolute Gasteiger partial charge is 0.252 e. The average Bonchev–Trinajstić information content (AvgIpc) is 0.774. The van der Waals surface area contributed by atoms with Crippen LogP contribution in [0.25, 0.3) is 136 Å². The van der Waals surface area contributed by atoms with Crippen LogP contribution in [0.15, 0.2) is 297 Å². The predicted octanol–water partition coefficient (Wildman–Crippen LogP) is 22.2. The summed E-state index contributed by atoms with van der Waals surface area (Å²) in [6, 6.07) is 113. The van der Waals surface area contributed by atoms with E-state index >= 15 is 0 Å². The van der Waals surface area contributed by atoms with E-state index in [0.717, 1.165) is 34.0 Å². The molecule has 0 aliphatic carbocycles. The molecule has 0 fully saturated rings. The van der Waals surface area contributed by atoms with E-state index in [1.54, 1.807) is 0 Å². The predicted molar refractivity (Wildman–Crippen MR) is 396 cm³/mol. The average molecular weight is 1170 g/mol. The molecule has 92 heavy (non-hydrogen) atoms. The second-order valence-corrected chi connectivity index (χ2v) is 26.7. The van der Waals surface area contributed by atoms with Crippen LogP contribution in [0.3, 0.4) is 0 Å². The third-order valence-electron chi connectivity index (χ3n) is 20.8. The lowest BCUT2D eigenvalue weighted by Crippen LogP contribution is -2.61. The number of benzene rings is 17. The molecular weight excluding hydrogens is 1110 g/mol. The summed E-state index contributed by atoms with van der Waals surface area (Å²) in [4.78, 5) is 5.30. The van der Waals surface area contributed by atoms with Crippen molar-refractivity contribution in [3.8, 4) is 16.8 Å². The Balaban J connectivity index is 0.952. The number of anilines is 6. The molecule has 2 aliphatic rings. The van der Waals surface area contributed by atoms with Crippen molar-refractivity contribution < 1.29 is 0 Å². The molecule has 1 aromatic heterocycles. The molecule has 0 saturated carbocycles. The van der Waals surface area contributed by atoms with E-state index in [1.807, 2.05) is 0 Å². The molecule has 0 atom stereocenters. The van der Waals surface area contributed by atoms with Crippen molar-refractivity contribution in [3.05, 3.63) is 303 Å². The second kappa shape index (κ2) is 19.0. The molecule has 2 aliphatic heterocycles. The normalized spacial score (nSPS) is 13.1. The van der Waals surface area contributed by atoms with Crippen LogP contribution in [0.4, 0.5) is 34.1 Å². The summed E-state index contributed by atoms with van der Waals surface area (Å²) in [6.45, 7) is 6.76. The van der Waals surface area contributed by atoms with Gasteiger partial charge in [-0.1, -0.05) is 251 Å². The monoisotopic (exact) mass is 1170 g/mol. The van der Waals surface area contributed by atoms with E-state index in [0.29, 0.717) is 0 Å². The van der Waals surface area contributed by atoms with Crippen LogP contribution in [-0.2, 0) is 5.41 Å². The first kappa shape index (κ1) is 51.4. The SMILES string of the molecule is CC(C)(C)c1ccc(-c2cc3c4c(c2)N(c2ccc5c6ccccc6c6ccccc6c5c2)c2cc5c6ccccc6c6ccccc6c5cc2B4c2ccc(-n4c5ccccc5c5ccccc54)cc2N3c2ccc3c4ccccc4c4ccccc4c3c2)cc1. The summed E-state index contributed by atoms with van der Waals surface area (Å²) >= 11 is 0. The van der Waals surface area contributed by atoms with Gasteiger partial charge in [-0.3, -0.25) is 0 Å². The molecule has 18 aromatic rings. The van der Waals surface area contributed by atoms with Crippen molar-refractivity contribution in [1.29, 1.82) is 0 Å². The number of hydrogen-bond acceptors (Lipinski definition) is 2. The summed E-state index contributed by atoms with van der Waals surface area (Å²) in [7, 11) is 0. The molecule has 3 heterocycles. The molecule has 4 heteroatoms.